The highest BCUT2D eigenvalue weighted by Crippen LogP contribution is 2.42. The largest absolute Gasteiger partial charge is 0.457 e. The molecule has 520 valence electrons. The van der Waals surface area contributed by atoms with Crippen LogP contribution in [0.5, 0.6) is 23.0 Å². The van der Waals surface area contributed by atoms with Crippen LogP contribution in [0, 0.1) is 17.8 Å². The van der Waals surface area contributed by atoms with Gasteiger partial charge in [-0.1, -0.05) is 92.4 Å². The number of nitrogens with zero attached hydrogens (tertiary/aromatic N) is 12. The van der Waals surface area contributed by atoms with Gasteiger partial charge in [-0.25, -0.2) is 29.3 Å². The van der Waals surface area contributed by atoms with Crippen LogP contribution < -0.4 is 37.3 Å². The summed E-state index contributed by atoms with van der Waals surface area (Å²) in [6.07, 6.45) is 14.5. The van der Waals surface area contributed by atoms with Crippen molar-refractivity contribution in [2.45, 2.75) is 70.0 Å². The van der Waals surface area contributed by atoms with Crippen molar-refractivity contribution in [1.29, 1.82) is 0 Å². The van der Waals surface area contributed by atoms with Crippen LogP contribution in [-0.2, 0) is 9.59 Å². The molecule has 15 rings (SSSR count). The highest BCUT2D eigenvalue weighted by atomic mass is 16.5. The minimum atomic E-state index is -0.509. The molecule has 9 heterocycles. The number of para-hydroxylation sites is 3. The monoisotopic (exact) mass is 1370 g/mol. The fourth-order valence-corrected chi connectivity index (χ4v) is 13.9. The number of nitrogen functional groups attached to an aromatic ring is 2. The standard InChI is InChI=1S/C27H24N6O2.C27H29N5O3.C26H26N6O/c1-2-7-22(34)32-16-6-10-21(32)26-31-23(24-25(28)29-15-17-33(24)26)18-11-13-19(14-12-18)27(35)30-20-8-4-3-5-9-20;1-2-23(33)31-16-13-18(14-17-31)22-12-15-29-27-24(26(28)34)25(30-32(22)27)19-8-10-21(11-9-19)35-20-6-4-3-5-7-20;1-3-18(2)31-15-7-8-20(16-31)32-26-23(25(27)28-17-29-26)24(30-32)19-11-13-22(14-12-19)33-21-9-5-4-6-10-21/h3-5,8-9,11-15,17,21H,6,10,16H2,1H3,(H2,28,29)(H,30,35);2-11,18,22,29H,1,12-17H2,(H2,28,34);3-6,9-14,17,20H,1-2,7-8,15-16H2,(H2,27,28,29)/t21-;22-;20-/m001/s1. The van der Waals surface area contributed by atoms with Gasteiger partial charge in [0.25, 0.3) is 17.7 Å². The molecule has 0 spiro atoms. The van der Waals surface area contributed by atoms with Crippen molar-refractivity contribution in [2.24, 2.45) is 11.7 Å². The van der Waals surface area contributed by atoms with Crippen LogP contribution >= 0.6 is 0 Å². The van der Waals surface area contributed by atoms with Crippen molar-refractivity contribution in [1.82, 2.24) is 58.6 Å². The second-order valence-corrected chi connectivity index (χ2v) is 25.4. The van der Waals surface area contributed by atoms with E-state index in [1.165, 1.54) is 12.4 Å². The smallest absolute Gasteiger partial charge is 0.299 e. The maximum atomic E-state index is 12.7. The normalized spacial score (nSPS) is 16.3. The molecule has 4 aliphatic heterocycles. The lowest BCUT2D eigenvalue weighted by atomic mass is 9.87. The Kier molecular flexibility index (Phi) is 20.8. The Labute approximate surface area is 596 Å². The number of benzene rings is 6. The van der Waals surface area contributed by atoms with Crippen LogP contribution in [0.25, 0.3) is 50.3 Å². The molecule has 5 aromatic heterocycles. The first-order valence-corrected chi connectivity index (χ1v) is 34.4. The number of likely N-dealkylation sites (tertiary alicyclic amines) is 3. The minimum absolute atomic E-state index is 0.0217. The summed E-state index contributed by atoms with van der Waals surface area (Å²) >= 11 is 0. The van der Waals surface area contributed by atoms with Crippen molar-refractivity contribution >= 4 is 63.3 Å². The molecule has 0 aliphatic carbocycles. The summed E-state index contributed by atoms with van der Waals surface area (Å²) < 4.78 is 17.7. The van der Waals surface area contributed by atoms with Crippen LogP contribution in [0.3, 0.4) is 0 Å². The molecule has 0 unspecified atom stereocenters. The first-order chi connectivity index (χ1) is 50.2. The average Bonchev–Trinajstić information content (AvgIpc) is 1.62. The molecule has 0 radical (unpaired) electrons. The second-order valence-electron chi connectivity index (χ2n) is 25.4. The number of hydrogen-bond donors (Lipinski definition) is 5. The van der Waals surface area contributed by atoms with E-state index in [1.807, 2.05) is 177 Å². The fourth-order valence-electron chi connectivity index (χ4n) is 13.9. The van der Waals surface area contributed by atoms with E-state index in [0.717, 1.165) is 132 Å². The molecule has 8 N–H and O–H groups in total. The Morgan fingerprint density at radius 2 is 1.24 bits per heavy atom. The third kappa shape index (κ3) is 15.0. The molecule has 23 nitrogen and oxygen atoms in total. The number of aromatic nitrogens is 9. The third-order valence-corrected chi connectivity index (χ3v) is 19.0. The van der Waals surface area contributed by atoms with E-state index in [0.29, 0.717) is 76.8 Å². The Morgan fingerprint density at radius 1 is 0.641 bits per heavy atom. The lowest BCUT2D eigenvalue weighted by Crippen LogP contribution is -2.41. The molecule has 3 fully saturated rings. The van der Waals surface area contributed by atoms with Gasteiger partial charge in [-0.15, -0.1) is 0 Å². The summed E-state index contributed by atoms with van der Waals surface area (Å²) in [5, 5.41) is 16.9. The van der Waals surface area contributed by atoms with Gasteiger partial charge in [0, 0.05) is 85.3 Å². The summed E-state index contributed by atoms with van der Waals surface area (Å²) in [6.45, 7) is 17.8. The molecule has 6 aromatic carbocycles. The van der Waals surface area contributed by atoms with Gasteiger partial charge in [-0.3, -0.25) is 23.6 Å². The van der Waals surface area contributed by atoms with Crippen molar-refractivity contribution in [3.8, 4) is 68.6 Å². The first kappa shape index (κ1) is 68.7. The number of anilines is 4. The third-order valence-electron chi connectivity index (χ3n) is 19.0. The Hall–Kier alpha value is -12.8. The van der Waals surface area contributed by atoms with E-state index in [4.69, 9.17) is 41.9 Å². The van der Waals surface area contributed by atoms with Gasteiger partial charge in [0.2, 0.25) is 5.91 Å². The van der Waals surface area contributed by atoms with Crippen molar-refractivity contribution in [3.05, 3.63) is 237 Å². The summed E-state index contributed by atoms with van der Waals surface area (Å²) in [6, 6.07) is 51.2. The zero-order valence-corrected chi connectivity index (χ0v) is 57.1. The predicted octanol–water partition coefficient (Wildman–Crippen LogP) is 13.3. The van der Waals surface area contributed by atoms with Gasteiger partial charge < -0.3 is 52.0 Å². The Morgan fingerprint density at radius 3 is 1.87 bits per heavy atom. The highest BCUT2D eigenvalue weighted by molar-refractivity contribution is 6.05. The number of hydrogen-bond acceptors (Lipinski definition) is 16. The van der Waals surface area contributed by atoms with Crippen molar-refractivity contribution in [3.63, 3.8) is 0 Å². The number of rotatable bonds is 16. The van der Waals surface area contributed by atoms with Gasteiger partial charge in [0.1, 0.15) is 80.8 Å². The number of nitrogens with two attached hydrogens (primary N) is 3. The summed E-state index contributed by atoms with van der Waals surface area (Å²) in [7, 11) is 0. The lowest BCUT2D eigenvalue weighted by Gasteiger charge is -2.38. The summed E-state index contributed by atoms with van der Waals surface area (Å²) in [4.78, 5) is 73.6. The van der Waals surface area contributed by atoms with Crippen LogP contribution in [0.4, 0.5) is 23.1 Å². The summed E-state index contributed by atoms with van der Waals surface area (Å²) in [5.74, 6) is 9.93. The predicted molar refractivity (Wildman–Crippen MR) is 400 cm³/mol. The number of primary amides is 1. The molecule has 23 heteroatoms. The van der Waals surface area contributed by atoms with E-state index >= 15 is 0 Å². The quantitative estimate of drug-likeness (QED) is 0.0341. The van der Waals surface area contributed by atoms with Gasteiger partial charge in [-0.05, 0) is 173 Å². The number of carbonyl (C=O) groups excluding carboxylic acids is 4. The lowest BCUT2D eigenvalue weighted by molar-refractivity contribution is -0.127. The van der Waals surface area contributed by atoms with Gasteiger partial charge in [0.05, 0.1) is 23.5 Å². The minimum Gasteiger partial charge on any atom is -0.457 e. The number of amides is 4. The van der Waals surface area contributed by atoms with E-state index < -0.39 is 5.91 Å². The fraction of sp³-hybridized carbons (Fsp3) is 0.225. The SMILES string of the molecule is C=CC(=C)N1CCC[C@@H](n2nc(-c3ccc(Oc4ccccc4)cc3)c3c(N)ncnc32)C1.C=CC(=O)N1CCC([C@@H]2CCNc3c(C(N)=O)c(-c4ccc(Oc5ccccc5)cc4)nn32)CC1.CC#CC(=O)N1CCC[C@H]1c1nc(-c2ccc(C(=O)Nc3ccccc3)cc2)c2c(N)nccn12. The van der Waals surface area contributed by atoms with Crippen LogP contribution in [0.2, 0.25) is 0 Å². The highest BCUT2D eigenvalue weighted by Gasteiger charge is 2.37. The molecule has 0 bridgehead atoms. The average molecular weight is 1370 g/mol. The topological polar surface area (TPSA) is 290 Å². The maximum absolute atomic E-state index is 12.7. The zero-order chi connectivity index (χ0) is 71.5. The van der Waals surface area contributed by atoms with Crippen LogP contribution in [0.1, 0.15) is 96.5 Å². The maximum Gasteiger partial charge on any atom is 0.299 e. The molecular weight excluding hydrogens is 1290 g/mol. The molecule has 4 amide bonds. The van der Waals surface area contributed by atoms with E-state index in [-0.39, 0.29) is 35.8 Å². The van der Waals surface area contributed by atoms with E-state index in [9.17, 15) is 19.2 Å². The van der Waals surface area contributed by atoms with Gasteiger partial charge >= 0.3 is 0 Å². The molecule has 3 atom stereocenters. The second kappa shape index (κ2) is 31.1. The van der Waals surface area contributed by atoms with Crippen LogP contribution in [-0.4, -0.2) is 121 Å². The van der Waals surface area contributed by atoms with Gasteiger partial charge in [0.15, 0.2) is 5.65 Å². The summed E-state index contributed by atoms with van der Waals surface area (Å²) in [5.41, 5.74) is 26.9. The molecule has 3 saturated heterocycles. The molecule has 4 aliphatic rings. The number of ether oxygens (including phenoxy) is 2. The van der Waals surface area contributed by atoms with Gasteiger partial charge in [-0.2, -0.15) is 10.2 Å². The molecular formula is C80H79N17O6. The van der Waals surface area contributed by atoms with Crippen molar-refractivity contribution < 1.29 is 28.7 Å². The van der Waals surface area contributed by atoms with Crippen molar-refractivity contribution in [2.75, 3.05) is 61.4 Å². The molecule has 11 aromatic rings. The van der Waals surface area contributed by atoms with E-state index in [1.54, 1.807) is 36.2 Å². The molecule has 103 heavy (non-hydrogen) atoms. The number of imidazole rings is 1. The van der Waals surface area contributed by atoms with Crippen LogP contribution in [0.15, 0.2) is 220 Å². The molecule has 0 saturated carbocycles. The Bertz CT molecular complexity index is 4980. The number of nitrogens with one attached hydrogen (secondary N) is 2. The number of fused-ring (bicyclic) bond motifs is 3. The van der Waals surface area contributed by atoms with E-state index in [2.05, 4.69) is 62.1 Å². The Balaban J connectivity index is 0.000000138. The number of carbonyl (C=O) groups is 4. The number of allylic oxidation sites excluding steroid dienone is 1. The number of piperidine rings is 2. The first-order valence-electron chi connectivity index (χ1n) is 34.4. The zero-order valence-electron chi connectivity index (χ0n) is 57.1.